The molecule has 1 aromatic carbocycles. The first-order valence-corrected chi connectivity index (χ1v) is 6.29. The van der Waals surface area contributed by atoms with E-state index >= 15 is 0 Å². The summed E-state index contributed by atoms with van der Waals surface area (Å²) in [6.45, 7) is 3.80. The van der Waals surface area contributed by atoms with Crippen LogP contribution in [0, 0.1) is 0 Å². The molecule has 0 atom stereocenters. The van der Waals surface area contributed by atoms with Gasteiger partial charge in [-0.3, -0.25) is 5.43 Å². The zero-order chi connectivity index (χ0) is 13.5. The van der Waals surface area contributed by atoms with Crippen LogP contribution in [-0.2, 0) is 4.74 Å². The van der Waals surface area contributed by atoms with Crippen molar-refractivity contribution >= 4 is 16.9 Å². The lowest BCUT2D eigenvalue weighted by atomic mass is 10.2. The zero-order valence-electron chi connectivity index (χ0n) is 10.9. The van der Waals surface area contributed by atoms with E-state index in [1.165, 1.54) is 0 Å². The van der Waals surface area contributed by atoms with E-state index < -0.39 is 0 Å². The number of nitrogens with one attached hydrogen (secondary N) is 1. The van der Waals surface area contributed by atoms with Gasteiger partial charge in [-0.25, -0.2) is 10.8 Å². The van der Waals surface area contributed by atoms with Crippen LogP contribution in [0.1, 0.15) is 13.3 Å². The molecule has 102 valence electrons. The molecule has 6 heteroatoms. The van der Waals surface area contributed by atoms with E-state index in [9.17, 15) is 0 Å². The van der Waals surface area contributed by atoms with E-state index in [4.69, 9.17) is 15.3 Å². The fourth-order valence-corrected chi connectivity index (χ4v) is 1.67. The number of rotatable bonds is 7. The molecule has 2 rings (SSSR count). The molecule has 3 N–H and O–H groups in total. The largest absolute Gasteiger partial charge is 0.475 e. The molecule has 1 heterocycles. The highest BCUT2D eigenvalue weighted by atomic mass is 16.5. The maximum atomic E-state index is 5.64. The molecular weight excluding hydrogens is 244 g/mol. The van der Waals surface area contributed by atoms with Gasteiger partial charge in [-0.15, -0.1) is 0 Å². The summed E-state index contributed by atoms with van der Waals surface area (Å²) < 4.78 is 11.0. The molecule has 0 amide bonds. The molecule has 0 aliphatic rings. The predicted octanol–water partition coefficient (Wildman–Crippen LogP) is 1.72. The van der Waals surface area contributed by atoms with Crippen molar-refractivity contribution in [3.8, 4) is 5.88 Å². The maximum Gasteiger partial charge on any atom is 0.241 e. The van der Waals surface area contributed by atoms with Crippen molar-refractivity contribution in [3.63, 3.8) is 0 Å². The van der Waals surface area contributed by atoms with Crippen LogP contribution in [0.15, 0.2) is 24.3 Å². The summed E-state index contributed by atoms with van der Waals surface area (Å²) in [7, 11) is 0. The molecule has 0 fully saturated rings. The normalized spacial score (nSPS) is 10.6. The van der Waals surface area contributed by atoms with Crippen molar-refractivity contribution in [2.75, 3.05) is 25.2 Å². The van der Waals surface area contributed by atoms with Gasteiger partial charge in [0.25, 0.3) is 0 Å². The molecule has 19 heavy (non-hydrogen) atoms. The van der Waals surface area contributed by atoms with Gasteiger partial charge in [0.2, 0.25) is 11.8 Å². The lowest BCUT2D eigenvalue weighted by Gasteiger charge is -2.09. The van der Waals surface area contributed by atoms with Gasteiger partial charge in [0.15, 0.2) is 0 Å². The Bertz CT molecular complexity index is 533. The van der Waals surface area contributed by atoms with Crippen molar-refractivity contribution in [2.45, 2.75) is 13.3 Å². The first-order chi connectivity index (χ1) is 9.35. The molecular formula is C13H18N4O2. The topological polar surface area (TPSA) is 82.3 Å². The van der Waals surface area contributed by atoms with Gasteiger partial charge in [0.05, 0.1) is 17.5 Å². The second kappa shape index (κ2) is 6.86. The standard InChI is InChI=1S/C13H18N4O2/c1-2-7-18-8-9-19-12-10-5-3-4-6-11(10)15-13(16-12)17-14/h3-6H,2,7-9,14H2,1H3,(H,15,16,17). The Morgan fingerprint density at radius 2 is 2.00 bits per heavy atom. The maximum absolute atomic E-state index is 5.64. The second-order valence-electron chi connectivity index (χ2n) is 3.97. The smallest absolute Gasteiger partial charge is 0.241 e. The molecule has 0 bridgehead atoms. The van der Waals surface area contributed by atoms with Gasteiger partial charge in [-0.05, 0) is 18.6 Å². The quantitative estimate of drug-likeness (QED) is 0.449. The summed E-state index contributed by atoms with van der Waals surface area (Å²) >= 11 is 0. The number of nitrogens with two attached hydrogens (primary N) is 1. The number of para-hydroxylation sites is 1. The predicted molar refractivity (Wildman–Crippen MR) is 74.0 cm³/mol. The van der Waals surface area contributed by atoms with Crippen molar-refractivity contribution in [2.24, 2.45) is 5.84 Å². The fourth-order valence-electron chi connectivity index (χ4n) is 1.67. The number of hydrogen-bond acceptors (Lipinski definition) is 6. The number of hydrazine groups is 1. The molecule has 6 nitrogen and oxygen atoms in total. The zero-order valence-corrected chi connectivity index (χ0v) is 10.9. The van der Waals surface area contributed by atoms with E-state index in [-0.39, 0.29) is 0 Å². The van der Waals surface area contributed by atoms with Gasteiger partial charge in [0.1, 0.15) is 6.61 Å². The molecule has 0 saturated carbocycles. The van der Waals surface area contributed by atoms with E-state index in [2.05, 4.69) is 22.3 Å². The van der Waals surface area contributed by atoms with E-state index in [0.29, 0.717) is 25.0 Å². The molecule has 0 spiro atoms. The van der Waals surface area contributed by atoms with E-state index in [1.54, 1.807) is 0 Å². The van der Waals surface area contributed by atoms with Gasteiger partial charge in [-0.1, -0.05) is 19.1 Å². The molecule has 0 aliphatic carbocycles. The minimum absolute atomic E-state index is 0.336. The Morgan fingerprint density at radius 1 is 1.16 bits per heavy atom. The van der Waals surface area contributed by atoms with Crippen molar-refractivity contribution in [1.82, 2.24) is 9.97 Å². The Labute approximate surface area is 111 Å². The lowest BCUT2D eigenvalue weighted by molar-refractivity contribution is 0.0996. The van der Waals surface area contributed by atoms with Crippen LogP contribution in [-0.4, -0.2) is 29.8 Å². The van der Waals surface area contributed by atoms with Crippen LogP contribution in [0.25, 0.3) is 10.9 Å². The molecule has 0 saturated heterocycles. The summed E-state index contributed by atoms with van der Waals surface area (Å²) in [5.74, 6) is 6.20. The average molecular weight is 262 g/mol. The Hall–Kier alpha value is -1.92. The Kier molecular flexibility index (Phi) is 4.88. The number of ether oxygens (including phenoxy) is 2. The van der Waals surface area contributed by atoms with E-state index in [0.717, 1.165) is 23.9 Å². The summed E-state index contributed by atoms with van der Waals surface area (Å²) in [6.07, 6.45) is 0.998. The highest BCUT2D eigenvalue weighted by Gasteiger charge is 2.07. The SMILES string of the molecule is CCCOCCOc1nc(NN)nc2ccccc12. The van der Waals surface area contributed by atoms with Gasteiger partial charge in [-0.2, -0.15) is 4.98 Å². The van der Waals surface area contributed by atoms with Crippen LogP contribution in [0.5, 0.6) is 5.88 Å². The van der Waals surface area contributed by atoms with Gasteiger partial charge >= 0.3 is 0 Å². The number of nitrogens with zero attached hydrogens (tertiary/aromatic N) is 2. The third-order valence-electron chi connectivity index (χ3n) is 2.51. The van der Waals surface area contributed by atoms with Crippen LogP contribution >= 0.6 is 0 Å². The monoisotopic (exact) mass is 262 g/mol. The highest BCUT2D eigenvalue weighted by Crippen LogP contribution is 2.23. The number of nitrogen functional groups attached to an aromatic ring is 1. The molecule has 0 unspecified atom stereocenters. The fraction of sp³-hybridized carbons (Fsp3) is 0.385. The number of hydrogen-bond donors (Lipinski definition) is 2. The summed E-state index contributed by atoms with van der Waals surface area (Å²) in [4.78, 5) is 8.47. The first kappa shape index (κ1) is 13.5. The van der Waals surface area contributed by atoms with Crippen molar-refractivity contribution in [3.05, 3.63) is 24.3 Å². The average Bonchev–Trinajstić information content (AvgIpc) is 2.46. The molecule has 0 radical (unpaired) electrons. The van der Waals surface area contributed by atoms with E-state index in [1.807, 2.05) is 24.3 Å². The van der Waals surface area contributed by atoms with Gasteiger partial charge in [0, 0.05) is 6.61 Å². The van der Waals surface area contributed by atoms with Crippen LogP contribution < -0.4 is 16.0 Å². The van der Waals surface area contributed by atoms with Gasteiger partial charge < -0.3 is 9.47 Å². The Balaban J connectivity index is 2.11. The van der Waals surface area contributed by atoms with Crippen LogP contribution in [0.3, 0.4) is 0 Å². The minimum Gasteiger partial charge on any atom is -0.475 e. The lowest BCUT2D eigenvalue weighted by Crippen LogP contribution is -2.13. The molecule has 2 aromatic rings. The number of aromatic nitrogens is 2. The summed E-state index contributed by atoms with van der Waals surface area (Å²) in [5.41, 5.74) is 3.22. The minimum atomic E-state index is 0.336. The second-order valence-corrected chi connectivity index (χ2v) is 3.97. The van der Waals surface area contributed by atoms with Crippen LogP contribution in [0.2, 0.25) is 0 Å². The third kappa shape index (κ3) is 3.52. The van der Waals surface area contributed by atoms with Crippen LogP contribution in [0.4, 0.5) is 5.95 Å². The number of anilines is 1. The summed E-state index contributed by atoms with van der Waals surface area (Å²) in [5, 5.41) is 0.858. The Morgan fingerprint density at radius 3 is 2.79 bits per heavy atom. The molecule has 0 aliphatic heterocycles. The molecule has 1 aromatic heterocycles. The summed E-state index contributed by atoms with van der Waals surface area (Å²) in [6, 6.07) is 7.63. The van der Waals surface area contributed by atoms with Crippen molar-refractivity contribution < 1.29 is 9.47 Å². The highest BCUT2D eigenvalue weighted by molar-refractivity contribution is 5.84. The first-order valence-electron chi connectivity index (χ1n) is 6.29. The number of benzene rings is 1. The van der Waals surface area contributed by atoms with Crippen molar-refractivity contribution in [1.29, 1.82) is 0 Å². The number of fused-ring (bicyclic) bond motifs is 1. The third-order valence-corrected chi connectivity index (χ3v) is 2.51.